The number of alkyl halides is 1. The molecule has 4 heteroatoms. The topological polar surface area (TPSA) is 30.7 Å². The molecule has 2 aromatic rings. The Bertz CT molecular complexity index is 590. The van der Waals surface area contributed by atoms with Crippen LogP contribution in [0.5, 0.6) is 0 Å². The molecule has 19 heavy (non-hydrogen) atoms. The second-order valence-corrected chi connectivity index (χ2v) is 6.14. The van der Waals surface area contributed by atoms with Crippen molar-refractivity contribution in [1.82, 2.24) is 14.5 Å². The zero-order valence-corrected chi connectivity index (χ0v) is 12.3. The molecule has 1 fully saturated rings. The predicted molar refractivity (Wildman–Crippen MR) is 78.7 cm³/mol. The smallest absolute Gasteiger partial charge is 0.160 e. The molecule has 3 rings (SSSR count). The Kier molecular flexibility index (Phi) is 3.48. The summed E-state index contributed by atoms with van der Waals surface area (Å²) in [6, 6.07) is 2.67. The maximum absolute atomic E-state index is 5.93. The first-order valence-electron chi connectivity index (χ1n) is 7.08. The van der Waals surface area contributed by atoms with E-state index in [-0.39, 0.29) is 0 Å². The van der Waals surface area contributed by atoms with E-state index in [9.17, 15) is 0 Å². The summed E-state index contributed by atoms with van der Waals surface area (Å²) in [6.45, 7) is 4.39. The van der Waals surface area contributed by atoms with Crippen LogP contribution in [0.15, 0.2) is 12.3 Å². The van der Waals surface area contributed by atoms with Gasteiger partial charge in [0.05, 0.1) is 0 Å². The summed E-state index contributed by atoms with van der Waals surface area (Å²) in [7, 11) is 0. The van der Waals surface area contributed by atoms with Gasteiger partial charge >= 0.3 is 0 Å². The molecule has 0 spiro atoms. The van der Waals surface area contributed by atoms with E-state index < -0.39 is 0 Å². The molecule has 0 aromatic carbocycles. The predicted octanol–water partition coefficient (Wildman–Crippen LogP) is 3.88. The van der Waals surface area contributed by atoms with Crippen LogP contribution in [0.3, 0.4) is 0 Å². The van der Waals surface area contributed by atoms with Gasteiger partial charge in [-0.3, -0.25) is 0 Å². The van der Waals surface area contributed by atoms with Crippen molar-refractivity contribution in [3.63, 3.8) is 0 Å². The summed E-state index contributed by atoms with van der Waals surface area (Å²) in [6.07, 6.45) is 6.52. The number of fused-ring (bicyclic) bond motifs is 1. The molecular formula is C15H20ClN3. The minimum atomic E-state index is 0.549. The van der Waals surface area contributed by atoms with E-state index in [1.807, 2.05) is 6.20 Å². The standard InChI is InChI=1S/C15H20ClN3/c1-10-3-4-12(7-10)19-14(5-6-16)18-13-8-11(2)9-17-15(13)19/h8-10,12H,3-7H2,1-2H3. The first-order valence-corrected chi connectivity index (χ1v) is 7.62. The van der Waals surface area contributed by atoms with Crippen molar-refractivity contribution in [2.45, 2.75) is 45.6 Å². The van der Waals surface area contributed by atoms with Gasteiger partial charge in [-0.2, -0.15) is 0 Å². The quantitative estimate of drug-likeness (QED) is 0.797. The van der Waals surface area contributed by atoms with Crippen LogP contribution in [0, 0.1) is 12.8 Å². The van der Waals surface area contributed by atoms with Gasteiger partial charge in [0, 0.05) is 24.5 Å². The van der Waals surface area contributed by atoms with Crippen LogP contribution in [0.2, 0.25) is 0 Å². The van der Waals surface area contributed by atoms with Crippen molar-refractivity contribution in [2.24, 2.45) is 5.92 Å². The van der Waals surface area contributed by atoms with Crippen LogP contribution in [-0.4, -0.2) is 20.4 Å². The van der Waals surface area contributed by atoms with Crippen LogP contribution in [-0.2, 0) is 6.42 Å². The lowest BCUT2D eigenvalue weighted by atomic mass is 10.1. The number of hydrogen-bond acceptors (Lipinski definition) is 2. The monoisotopic (exact) mass is 277 g/mol. The zero-order valence-electron chi connectivity index (χ0n) is 11.6. The first kappa shape index (κ1) is 12.9. The highest BCUT2D eigenvalue weighted by atomic mass is 35.5. The summed E-state index contributed by atoms with van der Waals surface area (Å²) < 4.78 is 2.35. The number of nitrogens with zero attached hydrogens (tertiary/aromatic N) is 3. The zero-order chi connectivity index (χ0) is 13.4. The maximum atomic E-state index is 5.93. The minimum absolute atomic E-state index is 0.549. The van der Waals surface area contributed by atoms with Gasteiger partial charge in [0.1, 0.15) is 11.3 Å². The van der Waals surface area contributed by atoms with Gasteiger partial charge in [0.15, 0.2) is 5.65 Å². The normalized spacial score (nSPS) is 23.3. The Labute approximate surface area is 119 Å². The van der Waals surface area contributed by atoms with Gasteiger partial charge in [0.25, 0.3) is 0 Å². The SMILES string of the molecule is Cc1cnc2c(c1)nc(CCCl)n2C1CCC(C)C1. The van der Waals surface area contributed by atoms with Gasteiger partial charge in [-0.25, -0.2) is 9.97 Å². The minimum Gasteiger partial charge on any atom is -0.310 e. The number of aryl methyl sites for hydroxylation is 2. The molecular weight excluding hydrogens is 258 g/mol. The molecule has 0 aliphatic heterocycles. The number of aromatic nitrogens is 3. The maximum Gasteiger partial charge on any atom is 0.160 e. The number of pyridine rings is 1. The molecule has 0 radical (unpaired) electrons. The molecule has 1 aliphatic rings. The van der Waals surface area contributed by atoms with Crippen LogP contribution in [0.1, 0.15) is 43.6 Å². The van der Waals surface area contributed by atoms with Crippen LogP contribution >= 0.6 is 11.6 Å². The van der Waals surface area contributed by atoms with E-state index >= 15 is 0 Å². The van der Waals surface area contributed by atoms with E-state index in [0.717, 1.165) is 34.9 Å². The fourth-order valence-electron chi connectivity index (χ4n) is 3.19. The van der Waals surface area contributed by atoms with Crippen LogP contribution < -0.4 is 0 Å². The Balaban J connectivity index is 2.11. The molecule has 1 saturated carbocycles. The van der Waals surface area contributed by atoms with E-state index in [1.165, 1.54) is 19.3 Å². The largest absolute Gasteiger partial charge is 0.310 e. The molecule has 2 aromatic heterocycles. The third-order valence-corrected chi connectivity index (χ3v) is 4.28. The van der Waals surface area contributed by atoms with Gasteiger partial charge in [-0.1, -0.05) is 6.92 Å². The molecule has 2 unspecified atom stereocenters. The van der Waals surface area contributed by atoms with E-state index in [0.29, 0.717) is 11.9 Å². The van der Waals surface area contributed by atoms with E-state index in [4.69, 9.17) is 16.6 Å². The third kappa shape index (κ3) is 2.36. The van der Waals surface area contributed by atoms with E-state index in [1.54, 1.807) is 0 Å². The fraction of sp³-hybridized carbons (Fsp3) is 0.600. The highest BCUT2D eigenvalue weighted by Gasteiger charge is 2.26. The lowest BCUT2D eigenvalue weighted by molar-refractivity contribution is 0.487. The lowest BCUT2D eigenvalue weighted by Gasteiger charge is -2.15. The molecule has 3 nitrogen and oxygen atoms in total. The van der Waals surface area contributed by atoms with Crippen LogP contribution in [0.25, 0.3) is 11.2 Å². The molecule has 0 amide bonds. The van der Waals surface area contributed by atoms with Gasteiger partial charge < -0.3 is 4.57 Å². The van der Waals surface area contributed by atoms with Gasteiger partial charge in [-0.15, -0.1) is 11.6 Å². The summed E-state index contributed by atoms with van der Waals surface area (Å²) >= 11 is 5.93. The highest BCUT2D eigenvalue weighted by molar-refractivity contribution is 6.17. The molecule has 2 atom stereocenters. The average Bonchev–Trinajstić information content (AvgIpc) is 2.92. The van der Waals surface area contributed by atoms with Crippen molar-refractivity contribution in [1.29, 1.82) is 0 Å². The summed E-state index contributed by atoms with van der Waals surface area (Å²) in [5.74, 6) is 2.52. The van der Waals surface area contributed by atoms with Gasteiger partial charge in [0.2, 0.25) is 0 Å². The lowest BCUT2D eigenvalue weighted by Crippen LogP contribution is -2.11. The molecule has 0 bridgehead atoms. The summed E-state index contributed by atoms with van der Waals surface area (Å²) in [5.41, 5.74) is 3.21. The van der Waals surface area contributed by atoms with Crippen molar-refractivity contribution >= 4 is 22.8 Å². The van der Waals surface area contributed by atoms with Crippen molar-refractivity contribution < 1.29 is 0 Å². The van der Waals surface area contributed by atoms with Crippen molar-refractivity contribution in [2.75, 3.05) is 5.88 Å². The Morgan fingerprint density at radius 1 is 1.42 bits per heavy atom. The second-order valence-electron chi connectivity index (χ2n) is 5.76. The fourth-order valence-corrected chi connectivity index (χ4v) is 3.35. The summed E-state index contributed by atoms with van der Waals surface area (Å²) in [5, 5.41) is 0. The number of hydrogen-bond donors (Lipinski definition) is 0. The van der Waals surface area contributed by atoms with Crippen LogP contribution in [0.4, 0.5) is 0 Å². The Hall–Kier alpha value is -1.09. The van der Waals surface area contributed by atoms with E-state index in [2.05, 4.69) is 29.5 Å². The first-order chi connectivity index (χ1) is 9.19. The number of halogens is 1. The van der Waals surface area contributed by atoms with Crippen molar-refractivity contribution in [3.05, 3.63) is 23.7 Å². The van der Waals surface area contributed by atoms with Gasteiger partial charge in [-0.05, 0) is 43.7 Å². The summed E-state index contributed by atoms with van der Waals surface area (Å²) in [4.78, 5) is 9.36. The molecule has 0 N–H and O–H groups in total. The third-order valence-electron chi connectivity index (χ3n) is 4.09. The molecule has 2 heterocycles. The number of rotatable bonds is 3. The molecule has 0 saturated heterocycles. The molecule has 1 aliphatic carbocycles. The Morgan fingerprint density at radius 2 is 2.26 bits per heavy atom. The average molecular weight is 278 g/mol. The number of imidazole rings is 1. The second kappa shape index (κ2) is 5.12. The van der Waals surface area contributed by atoms with Crippen molar-refractivity contribution in [3.8, 4) is 0 Å². The molecule has 102 valence electrons. The Morgan fingerprint density at radius 3 is 2.95 bits per heavy atom. The highest BCUT2D eigenvalue weighted by Crippen LogP contribution is 2.36.